The van der Waals surface area contributed by atoms with E-state index >= 15 is 0 Å². The number of nitrogens with one attached hydrogen (secondary N) is 1. The number of carbonyl (C=O) groups is 2. The molecule has 0 atom stereocenters. The van der Waals surface area contributed by atoms with Crippen LogP contribution in [-0.2, 0) is 4.74 Å². The minimum Gasteiger partial charge on any atom is -0.449 e. The van der Waals surface area contributed by atoms with Crippen molar-refractivity contribution < 1.29 is 14.3 Å². The molecule has 23 heavy (non-hydrogen) atoms. The number of imide groups is 1. The van der Waals surface area contributed by atoms with E-state index in [4.69, 9.17) is 10.5 Å². The Morgan fingerprint density at radius 2 is 1.13 bits per heavy atom. The van der Waals surface area contributed by atoms with Gasteiger partial charge in [0.2, 0.25) is 0 Å². The van der Waals surface area contributed by atoms with E-state index in [0.29, 0.717) is 6.61 Å². The van der Waals surface area contributed by atoms with Crippen molar-refractivity contribution in [3.8, 4) is 0 Å². The number of urea groups is 1. The third kappa shape index (κ3) is 18.7. The van der Waals surface area contributed by atoms with Gasteiger partial charge in [-0.2, -0.15) is 0 Å². The van der Waals surface area contributed by atoms with Crippen molar-refractivity contribution in [1.29, 1.82) is 0 Å². The van der Waals surface area contributed by atoms with Crippen LogP contribution in [0.15, 0.2) is 0 Å². The Hall–Kier alpha value is -1.26. The van der Waals surface area contributed by atoms with E-state index in [-0.39, 0.29) is 0 Å². The Balaban J connectivity index is 3.08. The molecule has 5 heteroatoms. The maximum absolute atomic E-state index is 11.0. The molecule has 0 radical (unpaired) electrons. The molecule has 0 spiro atoms. The maximum Gasteiger partial charge on any atom is 0.415 e. The Bertz CT molecular complexity index is 296. The summed E-state index contributed by atoms with van der Waals surface area (Å²) in [6.45, 7) is 2.60. The molecule has 3 N–H and O–H groups in total. The molecule has 0 aliphatic carbocycles. The highest BCUT2D eigenvalue weighted by Crippen LogP contribution is 2.12. The second-order valence-electron chi connectivity index (χ2n) is 6.22. The van der Waals surface area contributed by atoms with Gasteiger partial charge in [-0.1, -0.05) is 90.4 Å². The molecule has 0 aliphatic rings. The van der Waals surface area contributed by atoms with E-state index in [2.05, 4.69) is 6.92 Å². The quantitative estimate of drug-likeness (QED) is 0.402. The Morgan fingerprint density at radius 1 is 0.739 bits per heavy atom. The van der Waals surface area contributed by atoms with E-state index in [1.807, 2.05) is 5.32 Å². The van der Waals surface area contributed by atoms with E-state index < -0.39 is 12.1 Å². The first-order valence-electron chi connectivity index (χ1n) is 9.40. The fourth-order valence-corrected chi connectivity index (χ4v) is 2.60. The lowest BCUT2D eigenvalue weighted by Crippen LogP contribution is -2.35. The van der Waals surface area contributed by atoms with Crippen LogP contribution in [0.1, 0.15) is 96.8 Å². The monoisotopic (exact) mass is 328 g/mol. The van der Waals surface area contributed by atoms with Gasteiger partial charge in [-0.05, 0) is 6.42 Å². The van der Waals surface area contributed by atoms with E-state index in [1.165, 1.54) is 77.0 Å². The summed E-state index contributed by atoms with van der Waals surface area (Å²) in [6, 6.07) is -0.879. The molecule has 0 fully saturated rings. The van der Waals surface area contributed by atoms with Crippen molar-refractivity contribution in [1.82, 2.24) is 5.32 Å². The van der Waals surface area contributed by atoms with Crippen molar-refractivity contribution in [3.63, 3.8) is 0 Å². The number of unbranched alkanes of at least 4 members (excludes halogenated alkanes) is 13. The summed E-state index contributed by atoms with van der Waals surface area (Å²) < 4.78 is 4.81. The van der Waals surface area contributed by atoms with Crippen LogP contribution in [0.25, 0.3) is 0 Å². The molecule has 0 unspecified atom stereocenters. The lowest BCUT2D eigenvalue weighted by atomic mass is 10.0. The van der Waals surface area contributed by atoms with Crippen molar-refractivity contribution in [2.24, 2.45) is 5.73 Å². The van der Waals surface area contributed by atoms with Crippen LogP contribution in [0.2, 0.25) is 0 Å². The number of hydrogen-bond acceptors (Lipinski definition) is 3. The molecule has 0 saturated heterocycles. The molecule has 0 rings (SSSR count). The Kier molecular flexibility index (Phi) is 16.2. The van der Waals surface area contributed by atoms with Crippen LogP contribution >= 0.6 is 0 Å². The van der Waals surface area contributed by atoms with Crippen molar-refractivity contribution >= 4 is 12.1 Å². The number of primary amides is 1. The lowest BCUT2D eigenvalue weighted by Gasteiger charge is -2.05. The summed E-state index contributed by atoms with van der Waals surface area (Å²) in [5, 5.41) is 1.87. The van der Waals surface area contributed by atoms with Crippen LogP contribution in [0.3, 0.4) is 0 Å². The molecule has 0 saturated carbocycles. The molecule has 5 nitrogen and oxygen atoms in total. The van der Waals surface area contributed by atoms with Gasteiger partial charge in [-0.25, -0.2) is 14.9 Å². The maximum atomic E-state index is 11.0. The molecular weight excluding hydrogens is 292 g/mol. The lowest BCUT2D eigenvalue weighted by molar-refractivity contribution is 0.145. The number of rotatable bonds is 15. The molecule has 0 bridgehead atoms. The summed E-state index contributed by atoms with van der Waals surface area (Å²) in [5.74, 6) is 0. The molecule has 0 aromatic heterocycles. The molecule has 136 valence electrons. The first-order chi connectivity index (χ1) is 11.2. The molecule has 3 amide bonds. The van der Waals surface area contributed by atoms with E-state index in [0.717, 1.165) is 12.8 Å². The first kappa shape index (κ1) is 21.7. The highest BCUT2D eigenvalue weighted by molar-refractivity contribution is 5.89. The summed E-state index contributed by atoms with van der Waals surface area (Å²) in [6.07, 6.45) is 17.3. The standard InChI is InChI=1S/C18H36N2O3/c1-2-3-4-5-6-7-8-9-10-11-12-13-14-15-16-23-18(22)20-17(19)21/h2-16H2,1H3,(H3,19,20,21,22). The summed E-state index contributed by atoms with van der Waals surface area (Å²) >= 11 is 0. The second-order valence-corrected chi connectivity index (χ2v) is 6.22. The number of alkyl carbamates (subject to hydrolysis) is 1. The number of amides is 3. The second kappa shape index (κ2) is 17.1. The van der Waals surface area contributed by atoms with Gasteiger partial charge in [0, 0.05) is 0 Å². The van der Waals surface area contributed by atoms with Gasteiger partial charge in [-0.3, -0.25) is 0 Å². The van der Waals surface area contributed by atoms with Crippen LogP contribution in [0, 0.1) is 0 Å². The van der Waals surface area contributed by atoms with Gasteiger partial charge in [-0.15, -0.1) is 0 Å². The third-order valence-corrected chi connectivity index (χ3v) is 3.96. The predicted molar refractivity (Wildman–Crippen MR) is 94.4 cm³/mol. The van der Waals surface area contributed by atoms with Gasteiger partial charge in [0.15, 0.2) is 0 Å². The van der Waals surface area contributed by atoms with Gasteiger partial charge in [0.05, 0.1) is 6.61 Å². The fraction of sp³-hybridized carbons (Fsp3) is 0.889. The molecule has 0 heterocycles. The minimum absolute atomic E-state index is 0.344. The largest absolute Gasteiger partial charge is 0.449 e. The SMILES string of the molecule is CCCCCCCCCCCCCCCCOC(=O)NC(N)=O. The number of nitrogens with two attached hydrogens (primary N) is 1. The Labute approximate surface area is 141 Å². The minimum atomic E-state index is -0.879. The molecule has 0 aromatic rings. The summed E-state index contributed by atoms with van der Waals surface area (Å²) in [4.78, 5) is 21.3. The van der Waals surface area contributed by atoms with Crippen molar-refractivity contribution in [3.05, 3.63) is 0 Å². The highest BCUT2D eigenvalue weighted by atomic mass is 16.5. The molecule has 0 aromatic carbocycles. The van der Waals surface area contributed by atoms with Gasteiger partial charge < -0.3 is 10.5 Å². The first-order valence-corrected chi connectivity index (χ1v) is 9.40. The summed E-state index contributed by atoms with van der Waals surface area (Å²) in [7, 11) is 0. The van der Waals surface area contributed by atoms with Crippen molar-refractivity contribution in [2.45, 2.75) is 96.8 Å². The zero-order valence-corrected chi connectivity index (χ0v) is 14.9. The third-order valence-electron chi connectivity index (χ3n) is 3.96. The van der Waals surface area contributed by atoms with Gasteiger partial charge in [0.1, 0.15) is 0 Å². The average Bonchev–Trinajstić information content (AvgIpc) is 2.50. The van der Waals surface area contributed by atoms with Crippen LogP contribution in [-0.4, -0.2) is 18.7 Å². The predicted octanol–water partition coefficient (Wildman–Crippen LogP) is 5.27. The van der Waals surface area contributed by atoms with Crippen LogP contribution < -0.4 is 11.1 Å². The Morgan fingerprint density at radius 3 is 1.52 bits per heavy atom. The van der Waals surface area contributed by atoms with E-state index in [9.17, 15) is 9.59 Å². The number of hydrogen-bond donors (Lipinski definition) is 2. The highest BCUT2D eigenvalue weighted by Gasteiger charge is 2.03. The topological polar surface area (TPSA) is 81.4 Å². The van der Waals surface area contributed by atoms with Crippen LogP contribution in [0.4, 0.5) is 9.59 Å². The van der Waals surface area contributed by atoms with Crippen molar-refractivity contribution in [2.75, 3.05) is 6.61 Å². The van der Waals surface area contributed by atoms with E-state index in [1.54, 1.807) is 0 Å². The molecule has 0 aliphatic heterocycles. The number of ether oxygens (including phenoxy) is 1. The fourth-order valence-electron chi connectivity index (χ4n) is 2.60. The zero-order chi connectivity index (χ0) is 17.2. The smallest absolute Gasteiger partial charge is 0.415 e. The average molecular weight is 328 g/mol. The normalized spacial score (nSPS) is 10.5. The van der Waals surface area contributed by atoms with Crippen LogP contribution in [0.5, 0.6) is 0 Å². The zero-order valence-electron chi connectivity index (χ0n) is 14.9. The van der Waals surface area contributed by atoms with Gasteiger partial charge in [0.25, 0.3) is 0 Å². The molecular formula is C18H36N2O3. The number of carbonyl (C=O) groups excluding carboxylic acids is 2. The summed E-state index contributed by atoms with van der Waals surface area (Å²) in [5.41, 5.74) is 4.80. The van der Waals surface area contributed by atoms with Gasteiger partial charge >= 0.3 is 12.1 Å².